The number of amides is 2. The van der Waals surface area contributed by atoms with Crippen LogP contribution >= 0.6 is 11.8 Å². The van der Waals surface area contributed by atoms with E-state index in [4.69, 9.17) is 9.15 Å². The molecular formula is C22H25N5O4S. The third-order valence-corrected chi connectivity index (χ3v) is 6.29. The number of methoxy groups -OCH3 is 1. The van der Waals surface area contributed by atoms with Crippen LogP contribution in [0, 0.1) is 0 Å². The third kappa shape index (κ3) is 5.13. The molecule has 0 unspecified atom stereocenters. The molecule has 9 nitrogen and oxygen atoms in total. The van der Waals surface area contributed by atoms with E-state index >= 15 is 0 Å². The Morgan fingerprint density at radius 1 is 1.12 bits per heavy atom. The van der Waals surface area contributed by atoms with E-state index in [9.17, 15) is 9.59 Å². The Hall–Kier alpha value is -3.27. The molecule has 2 heterocycles. The fourth-order valence-electron chi connectivity index (χ4n) is 3.74. The molecule has 0 radical (unpaired) electrons. The van der Waals surface area contributed by atoms with Crippen LogP contribution in [-0.4, -0.2) is 39.4 Å². The van der Waals surface area contributed by atoms with Crippen molar-refractivity contribution in [3.05, 3.63) is 48.4 Å². The first-order chi connectivity index (χ1) is 15.7. The molecule has 0 aliphatic heterocycles. The summed E-state index contributed by atoms with van der Waals surface area (Å²) in [5, 5.41) is 9.51. The van der Waals surface area contributed by atoms with Crippen molar-refractivity contribution in [2.45, 2.75) is 43.3 Å². The van der Waals surface area contributed by atoms with Gasteiger partial charge in [0, 0.05) is 11.6 Å². The predicted octanol–water partition coefficient (Wildman–Crippen LogP) is 3.61. The SMILES string of the molecule is COc1ccc(-c2nnc(SCC(=O)NNC(=O)c3ccco3)n2C2CCCCC2)cc1. The molecule has 2 amide bonds. The normalized spacial score (nSPS) is 14.2. The van der Waals surface area contributed by atoms with Crippen LogP contribution in [0.25, 0.3) is 11.4 Å². The van der Waals surface area contributed by atoms with Gasteiger partial charge in [-0.1, -0.05) is 31.0 Å². The molecule has 2 N–H and O–H groups in total. The minimum absolute atomic E-state index is 0.0892. The summed E-state index contributed by atoms with van der Waals surface area (Å²) in [5.41, 5.74) is 5.69. The summed E-state index contributed by atoms with van der Waals surface area (Å²) in [4.78, 5) is 24.2. The van der Waals surface area contributed by atoms with Crippen LogP contribution in [0.1, 0.15) is 48.7 Å². The Balaban J connectivity index is 1.45. The van der Waals surface area contributed by atoms with Gasteiger partial charge in [-0.2, -0.15) is 0 Å². The molecule has 1 aliphatic rings. The number of hydrogen-bond donors (Lipinski definition) is 2. The van der Waals surface area contributed by atoms with E-state index in [2.05, 4.69) is 25.6 Å². The number of rotatable bonds is 7. The molecule has 4 rings (SSSR count). The smallest absolute Gasteiger partial charge is 0.305 e. The molecule has 1 fully saturated rings. The standard InChI is InChI=1S/C22H25N5O4S/c1-30-17-11-9-15(10-12-17)20-24-26-22(27(20)16-6-3-2-4-7-16)32-14-19(28)23-25-21(29)18-8-5-13-31-18/h5,8-13,16H,2-4,6-7,14H2,1H3,(H,23,28)(H,25,29). The van der Waals surface area contributed by atoms with Gasteiger partial charge in [-0.25, -0.2) is 0 Å². The number of hydrazine groups is 1. The molecule has 3 aromatic rings. The number of carbonyl (C=O) groups excluding carboxylic acids is 2. The molecule has 0 bridgehead atoms. The number of carbonyl (C=O) groups is 2. The lowest BCUT2D eigenvalue weighted by Gasteiger charge is -2.25. The first-order valence-electron chi connectivity index (χ1n) is 10.5. The Morgan fingerprint density at radius 3 is 2.59 bits per heavy atom. The average molecular weight is 456 g/mol. The lowest BCUT2D eigenvalue weighted by atomic mass is 9.95. The predicted molar refractivity (Wildman–Crippen MR) is 119 cm³/mol. The van der Waals surface area contributed by atoms with Gasteiger partial charge < -0.3 is 9.15 Å². The van der Waals surface area contributed by atoms with E-state index in [0.717, 1.165) is 42.8 Å². The zero-order chi connectivity index (χ0) is 22.3. The van der Waals surface area contributed by atoms with Crippen LogP contribution in [0.15, 0.2) is 52.2 Å². The average Bonchev–Trinajstić information content (AvgIpc) is 3.52. The van der Waals surface area contributed by atoms with Gasteiger partial charge in [-0.05, 0) is 49.2 Å². The first-order valence-corrected chi connectivity index (χ1v) is 11.5. The van der Waals surface area contributed by atoms with Crippen molar-refractivity contribution in [3.8, 4) is 17.1 Å². The van der Waals surface area contributed by atoms with Crippen molar-refractivity contribution >= 4 is 23.6 Å². The van der Waals surface area contributed by atoms with Gasteiger partial charge in [0.05, 0.1) is 19.1 Å². The molecule has 2 aromatic heterocycles. The van der Waals surface area contributed by atoms with E-state index in [1.54, 1.807) is 13.2 Å². The van der Waals surface area contributed by atoms with Gasteiger partial charge in [0.1, 0.15) is 5.75 Å². The largest absolute Gasteiger partial charge is 0.497 e. The minimum Gasteiger partial charge on any atom is -0.497 e. The molecule has 0 saturated heterocycles. The summed E-state index contributed by atoms with van der Waals surface area (Å²) in [6, 6.07) is 11.1. The van der Waals surface area contributed by atoms with Crippen LogP contribution in [-0.2, 0) is 4.79 Å². The number of aromatic nitrogens is 3. The maximum Gasteiger partial charge on any atom is 0.305 e. The van der Waals surface area contributed by atoms with Gasteiger partial charge in [0.2, 0.25) is 5.91 Å². The van der Waals surface area contributed by atoms with Crippen LogP contribution in [0.3, 0.4) is 0 Å². The molecule has 1 aromatic carbocycles. The molecule has 0 spiro atoms. The molecule has 0 atom stereocenters. The summed E-state index contributed by atoms with van der Waals surface area (Å²) < 4.78 is 12.4. The molecule has 1 saturated carbocycles. The topological polar surface area (TPSA) is 111 Å². The zero-order valence-corrected chi connectivity index (χ0v) is 18.6. The second-order valence-corrected chi connectivity index (χ2v) is 8.41. The van der Waals surface area contributed by atoms with Crippen molar-refractivity contribution in [3.63, 3.8) is 0 Å². The number of nitrogens with one attached hydrogen (secondary N) is 2. The fraction of sp³-hybridized carbons (Fsp3) is 0.364. The van der Waals surface area contributed by atoms with Crippen LogP contribution < -0.4 is 15.6 Å². The molecule has 168 valence electrons. The summed E-state index contributed by atoms with van der Waals surface area (Å²) >= 11 is 1.30. The maximum atomic E-state index is 12.3. The second-order valence-electron chi connectivity index (χ2n) is 7.46. The Morgan fingerprint density at radius 2 is 1.91 bits per heavy atom. The monoisotopic (exact) mass is 455 g/mol. The highest BCUT2D eigenvalue weighted by Crippen LogP contribution is 2.35. The van der Waals surface area contributed by atoms with Crippen molar-refractivity contribution in [2.75, 3.05) is 12.9 Å². The summed E-state index contributed by atoms with van der Waals surface area (Å²) in [5.74, 6) is 0.916. The van der Waals surface area contributed by atoms with Gasteiger partial charge in [-0.3, -0.25) is 25.0 Å². The molecule has 10 heteroatoms. The zero-order valence-electron chi connectivity index (χ0n) is 17.7. The van der Waals surface area contributed by atoms with Gasteiger partial charge in [-0.15, -0.1) is 10.2 Å². The van der Waals surface area contributed by atoms with Crippen LogP contribution in [0.5, 0.6) is 5.75 Å². The Kier molecular flexibility index (Phi) is 7.10. The maximum absolute atomic E-state index is 12.3. The summed E-state index contributed by atoms with van der Waals surface area (Å²) in [6.07, 6.45) is 7.06. The van der Waals surface area contributed by atoms with Crippen LogP contribution in [0.2, 0.25) is 0 Å². The Bertz CT molecular complexity index is 1040. The number of thioether (sulfide) groups is 1. The number of ether oxygens (including phenoxy) is 1. The van der Waals surface area contributed by atoms with Crippen molar-refractivity contribution in [1.82, 2.24) is 25.6 Å². The fourth-order valence-corrected chi connectivity index (χ4v) is 4.55. The van der Waals surface area contributed by atoms with Crippen molar-refractivity contribution < 1.29 is 18.7 Å². The van der Waals surface area contributed by atoms with Crippen LogP contribution in [0.4, 0.5) is 0 Å². The van der Waals surface area contributed by atoms with Crippen molar-refractivity contribution in [1.29, 1.82) is 0 Å². The quantitative estimate of drug-likeness (QED) is 0.413. The minimum atomic E-state index is -0.513. The lowest BCUT2D eigenvalue weighted by molar-refractivity contribution is -0.119. The van der Waals surface area contributed by atoms with Gasteiger partial charge in [0.25, 0.3) is 0 Å². The van der Waals surface area contributed by atoms with Gasteiger partial charge in [0.15, 0.2) is 16.7 Å². The van der Waals surface area contributed by atoms with E-state index < -0.39 is 5.91 Å². The lowest BCUT2D eigenvalue weighted by Crippen LogP contribution is -2.42. The Labute approximate surface area is 189 Å². The van der Waals surface area contributed by atoms with E-state index in [1.165, 1.54) is 30.5 Å². The van der Waals surface area contributed by atoms with Gasteiger partial charge >= 0.3 is 5.91 Å². The van der Waals surface area contributed by atoms with E-state index in [1.807, 2.05) is 24.3 Å². The summed E-state index contributed by atoms with van der Waals surface area (Å²) in [7, 11) is 1.64. The van der Waals surface area contributed by atoms with E-state index in [0.29, 0.717) is 11.2 Å². The number of benzene rings is 1. The van der Waals surface area contributed by atoms with Crippen molar-refractivity contribution in [2.24, 2.45) is 0 Å². The number of furan rings is 1. The first kappa shape index (κ1) is 21.9. The van der Waals surface area contributed by atoms with E-state index in [-0.39, 0.29) is 17.4 Å². The molecular weight excluding hydrogens is 430 g/mol. The highest BCUT2D eigenvalue weighted by Gasteiger charge is 2.24. The number of hydrogen-bond acceptors (Lipinski definition) is 7. The number of nitrogens with zero attached hydrogens (tertiary/aromatic N) is 3. The highest BCUT2D eigenvalue weighted by molar-refractivity contribution is 7.99. The highest BCUT2D eigenvalue weighted by atomic mass is 32.2. The third-order valence-electron chi connectivity index (χ3n) is 5.35. The second kappa shape index (κ2) is 10.4. The molecule has 32 heavy (non-hydrogen) atoms. The molecule has 1 aliphatic carbocycles. The summed E-state index contributed by atoms with van der Waals surface area (Å²) in [6.45, 7) is 0.